The van der Waals surface area contributed by atoms with E-state index in [1.54, 1.807) is 18.2 Å². The van der Waals surface area contributed by atoms with E-state index in [0.29, 0.717) is 11.3 Å². The van der Waals surface area contributed by atoms with Crippen LogP contribution in [-0.4, -0.2) is 0 Å². The van der Waals surface area contributed by atoms with Gasteiger partial charge in [-0.15, -0.1) is 0 Å². The summed E-state index contributed by atoms with van der Waals surface area (Å²) in [4.78, 5) is 0. The van der Waals surface area contributed by atoms with Crippen LogP contribution in [0.5, 0.6) is 5.75 Å². The Labute approximate surface area is 116 Å². The van der Waals surface area contributed by atoms with Gasteiger partial charge in [-0.3, -0.25) is 0 Å². The molecule has 0 spiro atoms. The minimum Gasteiger partial charge on any atom is -0.489 e. The Morgan fingerprint density at radius 3 is 2.74 bits per heavy atom. The Kier molecular flexibility index (Phi) is 4.03. The summed E-state index contributed by atoms with van der Waals surface area (Å²) in [6.07, 6.45) is 0. The third kappa shape index (κ3) is 3.24. The quantitative estimate of drug-likeness (QED) is 0.839. The molecule has 2 aromatic rings. The third-order valence-corrected chi connectivity index (χ3v) is 2.99. The van der Waals surface area contributed by atoms with Gasteiger partial charge in [0.15, 0.2) is 0 Å². The first-order valence-electron chi connectivity index (χ1n) is 5.67. The number of hydrogen-bond acceptors (Lipinski definition) is 2. The first kappa shape index (κ1) is 13.4. The van der Waals surface area contributed by atoms with Gasteiger partial charge >= 0.3 is 0 Å². The minimum atomic E-state index is -0.451. The summed E-state index contributed by atoms with van der Waals surface area (Å²) in [5.41, 5.74) is 2.25. The molecule has 0 unspecified atom stereocenters. The summed E-state index contributed by atoms with van der Waals surface area (Å²) >= 11 is 5.70. The van der Waals surface area contributed by atoms with Crippen LogP contribution in [0.25, 0.3) is 0 Å². The summed E-state index contributed by atoms with van der Waals surface area (Å²) in [5.74, 6) is 0.188. The molecule has 4 heteroatoms. The zero-order valence-corrected chi connectivity index (χ0v) is 11.0. The van der Waals surface area contributed by atoms with Crippen molar-refractivity contribution < 1.29 is 9.13 Å². The van der Waals surface area contributed by atoms with E-state index in [9.17, 15) is 4.39 Å². The zero-order chi connectivity index (χ0) is 13.8. The molecular weight excluding hydrogens is 265 g/mol. The normalized spacial score (nSPS) is 10.0. The lowest BCUT2D eigenvalue weighted by Gasteiger charge is -2.09. The van der Waals surface area contributed by atoms with Crippen LogP contribution in [0.3, 0.4) is 0 Å². The van der Waals surface area contributed by atoms with E-state index in [1.807, 2.05) is 13.0 Å². The van der Waals surface area contributed by atoms with Gasteiger partial charge in [-0.05, 0) is 42.3 Å². The van der Waals surface area contributed by atoms with E-state index in [4.69, 9.17) is 21.6 Å². The fourth-order valence-corrected chi connectivity index (χ4v) is 1.82. The van der Waals surface area contributed by atoms with Gasteiger partial charge in [0.25, 0.3) is 0 Å². The molecule has 0 N–H and O–H groups in total. The Bertz CT molecular complexity index is 649. The Hall–Kier alpha value is -2.05. The van der Waals surface area contributed by atoms with Crippen molar-refractivity contribution in [1.82, 2.24) is 0 Å². The number of aryl methyl sites for hydroxylation is 1. The lowest BCUT2D eigenvalue weighted by Crippen LogP contribution is -1.98. The van der Waals surface area contributed by atoms with Crippen molar-refractivity contribution in [3.05, 3.63) is 63.9 Å². The summed E-state index contributed by atoms with van der Waals surface area (Å²) in [6, 6.07) is 11.7. The van der Waals surface area contributed by atoms with Crippen molar-refractivity contribution in [3.63, 3.8) is 0 Å². The molecule has 0 aliphatic rings. The molecule has 19 heavy (non-hydrogen) atoms. The van der Waals surface area contributed by atoms with Crippen molar-refractivity contribution in [2.24, 2.45) is 0 Å². The lowest BCUT2D eigenvalue weighted by atomic mass is 10.1. The maximum Gasteiger partial charge on any atom is 0.141 e. The van der Waals surface area contributed by atoms with Crippen molar-refractivity contribution in [2.45, 2.75) is 13.5 Å². The second kappa shape index (κ2) is 5.73. The highest BCUT2D eigenvalue weighted by molar-refractivity contribution is 6.30. The number of rotatable bonds is 3. The van der Waals surface area contributed by atoms with Crippen LogP contribution in [-0.2, 0) is 6.61 Å². The molecule has 0 fully saturated rings. The Morgan fingerprint density at radius 2 is 2.05 bits per heavy atom. The van der Waals surface area contributed by atoms with Gasteiger partial charge < -0.3 is 4.74 Å². The molecule has 0 aliphatic heterocycles. The zero-order valence-electron chi connectivity index (χ0n) is 10.3. The van der Waals surface area contributed by atoms with Crippen molar-refractivity contribution >= 4 is 11.6 Å². The molecule has 2 aromatic carbocycles. The number of nitriles is 1. The summed E-state index contributed by atoms with van der Waals surface area (Å²) < 4.78 is 18.6. The van der Waals surface area contributed by atoms with Crippen LogP contribution < -0.4 is 4.74 Å². The SMILES string of the molecule is Cc1ccc(C#N)cc1OCc1ccc(F)c(Cl)c1. The topological polar surface area (TPSA) is 33.0 Å². The molecule has 2 nitrogen and oxygen atoms in total. The molecule has 0 aliphatic carbocycles. The van der Waals surface area contributed by atoms with Gasteiger partial charge in [-0.1, -0.05) is 23.7 Å². The van der Waals surface area contributed by atoms with Crippen molar-refractivity contribution in [1.29, 1.82) is 5.26 Å². The number of nitrogens with zero attached hydrogens (tertiary/aromatic N) is 1. The van der Waals surface area contributed by atoms with E-state index in [2.05, 4.69) is 6.07 Å². The van der Waals surface area contributed by atoms with Crippen LogP contribution >= 0.6 is 11.6 Å². The average Bonchev–Trinajstić information content (AvgIpc) is 2.41. The number of halogens is 2. The highest BCUT2D eigenvalue weighted by Gasteiger charge is 2.04. The Morgan fingerprint density at radius 1 is 1.26 bits per heavy atom. The predicted octanol–water partition coefficient (Wildman–Crippen LogP) is 4.24. The monoisotopic (exact) mass is 275 g/mol. The first-order valence-corrected chi connectivity index (χ1v) is 6.05. The van der Waals surface area contributed by atoms with Crippen LogP contribution in [0.2, 0.25) is 5.02 Å². The van der Waals surface area contributed by atoms with Crippen LogP contribution in [0.1, 0.15) is 16.7 Å². The van der Waals surface area contributed by atoms with Gasteiger partial charge in [-0.2, -0.15) is 5.26 Å². The Balaban J connectivity index is 2.14. The predicted molar refractivity (Wildman–Crippen MR) is 71.6 cm³/mol. The largest absolute Gasteiger partial charge is 0.489 e. The van der Waals surface area contributed by atoms with E-state index >= 15 is 0 Å². The first-order chi connectivity index (χ1) is 9.10. The lowest BCUT2D eigenvalue weighted by molar-refractivity contribution is 0.304. The van der Waals surface area contributed by atoms with Gasteiger partial charge in [0.2, 0.25) is 0 Å². The molecular formula is C15H11ClFNO. The standard InChI is InChI=1S/C15H11ClFNO/c1-10-2-3-11(8-18)7-15(10)19-9-12-4-5-14(17)13(16)6-12/h2-7H,9H2,1H3. The third-order valence-electron chi connectivity index (χ3n) is 2.70. The average molecular weight is 276 g/mol. The highest BCUT2D eigenvalue weighted by atomic mass is 35.5. The smallest absolute Gasteiger partial charge is 0.141 e. The molecule has 0 saturated carbocycles. The summed E-state index contributed by atoms with van der Waals surface area (Å²) in [6.45, 7) is 2.17. The van der Waals surface area contributed by atoms with E-state index in [-0.39, 0.29) is 11.6 Å². The van der Waals surface area contributed by atoms with Gasteiger partial charge in [-0.25, -0.2) is 4.39 Å². The van der Waals surface area contributed by atoms with Gasteiger partial charge in [0, 0.05) is 0 Å². The molecule has 0 radical (unpaired) electrons. The second-order valence-electron chi connectivity index (χ2n) is 4.13. The summed E-state index contributed by atoms with van der Waals surface area (Å²) in [5, 5.41) is 8.91. The molecule has 0 bridgehead atoms. The maximum atomic E-state index is 13.0. The molecule has 0 aromatic heterocycles. The van der Waals surface area contributed by atoms with Crippen LogP contribution in [0.15, 0.2) is 36.4 Å². The highest BCUT2D eigenvalue weighted by Crippen LogP contribution is 2.22. The van der Waals surface area contributed by atoms with Crippen molar-refractivity contribution in [3.8, 4) is 11.8 Å². The van der Waals surface area contributed by atoms with E-state index < -0.39 is 5.82 Å². The van der Waals surface area contributed by atoms with Crippen molar-refractivity contribution in [2.75, 3.05) is 0 Å². The molecule has 0 saturated heterocycles. The summed E-state index contributed by atoms with van der Waals surface area (Å²) in [7, 11) is 0. The minimum absolute atomic E-state index is 0.0728. The molecule has 0 atom stereocenters. The number of benzene rings is 2. The van der Waals surface area contributed by atoms with Gasteiger partial charge in [0.1, 0.15) is 18.2 Å². The second-order valence-corrected chi connectivity index (χ2v) is 4.54. The van der Waals surface area contributed by atoms with Crippen LogP contribution in [0, 0.1) is 24.1 Å². The maximum absolute atomic E-state index is 13.0. The molecule has 2 rings (SSSR count). The number of hydrogen-bond donors (Lipinski definition) is 0. The number of ether oxygens (including phenoxy) is 1. The van der Waals surface area contributed by atoms with Gasteiger partial charge in [0.05, 0.1) is 16.7 Å². The molecule has 0 heterocycles. The fourth-order valence-electron chi connectivity index (χ4n) is 1.62. The molecule has 0 amide bonds. The van der Waals surface area contributed by atoms with E-state index in [1.165, 1.54) is 12.1 Å². The fraction of sp³-hybridized carbons (Fsp3) is 0.133. The van der Waals surface area contributed by atoms with Crippen LogP contribution in [0.4, 0.5) is 4.39 Å². The van der Waals surface area contributed by atoms with E-state index in [0.717, 1.165) is 11.1 Å². The molecule has 96 valence electrons.